The van der Waals surface area contributed by atoms with Gasteiger partial charge in [-0.15, -0.1) is 0 Å². The molecule has 24 heavy (non-hydrogen) atoms. The molecule has 0 aliphatic heterocycles. The lowest BCUT2D eigenvalue weighted by Gasteiger charge is -2.12. The van der Waals surface area contributed by atoms with E-state index in [0.29, 0.717) is 18.7 Å². The molecule has 2 rings (SSSR count). The van der Waals surface area contributed by atoms with Gasteiger partial charge in [-0.1, -0.05) is 42.5 Å². The molecule has 126 valence electrons. The number of carbonyl (C=O) groups excluding carboxylic acids is 2. The Balaban J connectivity index is 1.75. The van der Waals surface area contributed by atoms with Crippen LogP contribution in [0.4, 0.5) is 4.79 Å². The van der Waals surface area contributed by atoms with E-state index in [1.165, 1.54) is 0 Å². The van der Waals surface area contributed by atoms with Gasteiger partial charge in [0.1, 0.15) is 5.75 Å². The normalized spacial score (nSPS) is 11.5. The van der Waals surface area contributed by atoms with Gasteiger partial charge in [-0.3, -0.25) is 4.79 Å². The van der Waals surface area contributed by atoms with E-state index in [0.717, 1.165) is 11.1 Å². The smallest absolute Gasteiger partial charge is 0.409 e. The van der Waals surface area contributed by atoms with Crippen molar-refractivity contribution in [3.63, 3.8) is 0 Å². The van der Waals surface area contributed by atoms with E-state index in [4.69, 9.17) is 16.2 Å². The van der Waals surface area contributed by atoms with Crippen LogP contribution in [0, 0.1) is 0 Å². The summed E-state index contributed by atoms with van der Waals surface area (Å²) in [5.41, 5.74) is 13.0. The second-order valence-corrected chi connectivity index (χ2v) is 5.50. The molecule has 0 aliphatic carbocycles. The van der Waals surface area contributed by atoms with Gasteiger partial charge in [0.15, 0.2) is 0 Å². The number of rotatable bonds is 7. The minimum atomic E-state index is -0.858. The highest BCUT2D eigenvalue weighted by atomic mass is 16.5. The van der Waals surface area contributed by atoms with E-state index in [1.54, 1.807) is 24.3 Å². The zero-order valence-corrected chi connectivity index (χ0v) is 13.3. The van der Waals surface area contributed by atoms with Crippen molar-refractivity contribution in [1.29, 1.82) is 0 Å². The van der Waals surface area contributed by atoms with Crippen molar-refractivity contribution in [3.8, 4) is 5.75 Å². The maximum absolute atomic E-state index is 12.0. The van der Waals surface area contributed by atoms with Crippen LogP contribution in [0.5, 0.6) is 5.75 Å². The number of hydrogen-bond acceptors (Lipinski definition) is 4. The SMILES string of the molecule is NC(=O)Oc1ccc(CNC(=O)C[C@H](N)Cc2ccccc2)cc1. The molecule has 0 saturated carbocycles. The van der Waals surface area contributed by atoms with Crippen molar-refractivity contribution >= 4 is 12.0 Å². The van der Waals surface area contributed by atoms with Crippen LogP contribution in [0.3, 0.4) is 0 Å². The second kappa shape index (κ2) is 8.69. The Hall–Kier alpha value is -2.86. The van der Waals surface area contributed by atoms with Gasteiger partial charge in [0.2, 0.25) is 5.91 Å². The first-order valence-electron chi connectivity index (χ1n) is 7.65. The number of hydrogen-bond donors (Lipinski definition) is 3. The molecule has 0 aromatic heterocycles. The van der Waals surface area contributed by atoms with E-state index in [1.807, 2.05) is 30.3 Å². The van der Waals surface area contributed by atoms with Crippen LogP contribution in [0.1, 0.15) is 17.5 Å². The maximum atomic E-state index is 12.0. The molecule has 0 heterocycles. The summed E-state index contributed by atoms with van der Waals surface area (Å²) in [5, 5.41) is 2.82. The van der Waals surface area contributed by atoms with E-state index in [-0.39, 0.29) is 18.4 Å². The summed E-state index contributed by atoms with van der Waals surface area (Å²) in [6.07, 6.45) is 0.0639. The highest BCUT2D eigenvalue weighted by molar-refractivity contribution is 5.76. The van der Waals surface area contributed by atoms with Crippen molar-refractivity contribution in [2.75, 3.05) is 0 Å². The topological polar surface area (TPSA) is 107 Å². The van der Waals surface area contributed by atoms with Gasteiger partial charge < -0.3 is 21.5 Å². The molecule has 0 spiro atoms. The first kappa shape index (κ1) is 17.5. The van der Waals surface area contributed by atoms with Crippen LogP contribution >= 0.6 is 0 Å². The molecule has 6 heteroatoms. The van der Waals surface area contributed by atoms with Crippen molar-refractivity contribution in [1.82, 2.24) is 5.32 Å². The minimum absolute atomic E-state index is 0.101. The Kier molecular flexibility index (Phi) is 6.33. The van der Waals surface area contributed by atoms with E-state index >= 15 is 0 Å². The van der Waals surface area contributed by atoms with Gasteiger partial charge in [-0.25, -0.2) is 4.79 Å². The predicted octanol–water partition coefficient (Wildman–Crippen LogP) is 1.72. The Bertz CT molecular complexity index is 672. The van der Waals surface area contributed by atoms with E-state index in [2.05, 4.69) is 5.32 Å². The van der Waals surface area contributed by atoms with Gasteiger partial charge in [0.05, 0.1) is 0 Å². The highest BCUT2D eigenvalue weighted by Gasteiger charge is 2.10. The van der Waals surface area contributed by atoms with Crippen LogP contribution in [0.15, 0.2) is 54.6 Å². The summed E-state index contributed by atoms with van der Waals surface area (Å²) in [7, 11) is 0. The summed E-state index contributed by atoms with van der Waals surface area (Å²) in [6.45, 7) is 0.383. The van der Waals surface area contributed by atoms with Gasteiger partial charge in [0.25, 0.3) is 0 Å². The number of benzene rings is 2. The molecule has 2 aromatic rings. The average molecular weight is 327 g/mol. The maximum Gasteiger partial charge on any atom is 0.409 e. The summed E-state index contributed by atoms with van der Waals surface area (Å²) in [5.74, 6) is 0.262. The molecule has 2 amide bonds. The largest absolute Gasteiger partial charge is 0.411 e. The number of primary amides is 1. The van der Waals surface area contributed by atoms with Gasteiger partial charge in [-0.05, 0) is 29.7 Å². The Labute approximate surface area is 140 Å². The summed E-state index contributed by atoms with van der Waals surface area (Å²) in [4.78, 5) is 22.6. The number of amides is 2. The molecular formula is C18H21N3O3. The lowest BCUT2D eigenvalue weighted by atomic mass is 10.0. The lowest BCUT2D eigenvalue weighted by Crippen LogP contribution is -2.32. The quantitative estimate of drug-likeness (QED) is 0.719. The molecule has 2 aromatic carbocycles. The summed E-state index contributed by atoms with van der Waals surface area (Å²) < 4.78 is 4.74. The van der Waals surface area contributed by atoms with E-state index < -0.39 is 6.09 Å². The number of nitrogens with two attached hydrogens (primary N) is 2. The number of nitrogens with one attached hydrogen (secondary N) is 1. The van der Waals surface area contributed by atoms with Gasteiger partial charge >= 0.3 is 6.09 Å². The fourth-order valence-electron chi connectivity index (χ4n) is 2.29. The summed E-state index contributed by atoms with van der Waals surface area (Å²) in [6, 6.07) is 16.4. The Morgan fingerprint density at radius 2 is 1.67 bits per heavy atom. The fourth-order valence-corrected chi connectivity index (χ4v) is 2.29. The van der Waals surface area contributed by atoms with Gasteiger partial charge in [-0.2, -0.15) is 0 Å². The van der Waals surface area contributed by atoms with E-state index in [9.17, 15) is 9.59 Å². The lowest BCUT2D eigenvalue weighted by molar-refractivity contribution is -0.121. The van der Waals surface area contributed by atoms with Crippen LogP contribution in [0.2, 0.25) is 0 Å². The van der Waals surface area contributed by atoms with Crippen molar-refractivity contribution in [2.45, 2.75) is 25.4 Å². The molecule has 0 unspecified atom stereocenters. The molecule has 6 nitrogen and oxygen atoms in total. The van der Waals surface area contributed by atoms with Gasteiger partial charge in [0, 0.05) is 19.0 Å². The predicted molar refractivity (Wildman–Crippen MR) is 91.2 cm³/mol. The molecule has 5 N–H and O–H groups in total. The zero-order valence-electron chi connectivity index (χ0n) is 13.3. The molecule has 0 saturated heterocycles. The zero-order chi connectivity index (χ0) is 17.4. The third kappa shape index (κ3) is 6.10. The Morgan fingerprint density at radius 3 is 2.29 bits per heavy atom. The van der Waals surface area contributed by atoms with Crippen molar-refractivity contribution < 1.29 is 14.3 Å². The average Bonchev–Trinajstić information content (AvgIpc) is 2.54. The molecule has 0 bridgehead atoms. The number of ether oxygens (including phenoxy) is 1. The molecule has 0 aliphatic rings. The van der Waals surface area contributed by atoms with Crippen molar-refractivity contribution in [3.05, 3.63) is 65.7 Å². The van der Waals surface area contributed by atoms with Crippen LogP contribution in [-0.2, 0) is 17.8 Å². The molecule has 0 fully saturated rings. The van der Waals surface area contributed by atoms with Crippen molar-refractivity contribution in [2.24, 2.45) is 11.5 Å². The third-order valence-electron chi connectivity index (χ3n) is 3.42. The minimum Gasteiger partial charge on any atom is -0.411 e. The first-order valence-corrected chi connectivity index (χ1v) is 7.65. The number of carbonyl (C=O) groups is 2. The second-order valence-electron chi connectivity index (χ2n) is 5.50. The summed E-state index contributed by atoms with van der Waals surface area (Å²) >= 11 is 0. The van der Waals surface area contributed by atoms with Crippen LogP contribution < -0.4 is 21.5 Å². The fraction of sp³-hybridized carbons (Fsp3) is 0.222. The van der Waals surface area contributed by atoms with Crippen LogP contribution in [-0.4, -0.2) is 18.0 Å². The Morgan fingerprint density at radius 1 is 1.00 bits per heavy atom. The third-order valence-corrected chi connectivity index (χ3v) is 3.42. The standard InChI is InChI=1S/C18H21N3O3/c19-15(10-13-4-2-1-3-5-13)11-17(22)21-12-14-6-8-16(9-7-14)24-18(20)23/h1-9,15H,10-12,19H2,(H2,20,23)(H,21,22)/t15-/m1/s1. The molecular weight excluding hydrogens is 306 g/mol. The van der Waals surface area contributed by atoms with Crippen LogP contribution in [0.25, 0.3) is 0 Å². The monoisotopic (exact) mass is 327 g/mol. The highest BCUT2D eigenvalue weighted by Crippen LogP contribution is 2.12. The molecule has 0 radical (unpaired) electrons. The first-order chi connectivity index (χ1) is 11.5. The molecule has 1 atom stereocenters.